The van der Waals surface area contributed by atoms with Crippen molar-refractivity contribution in [1.29, 1.82) is 0 Å². The van der Waals surface area contributed by atoms with Crippen LogP contribution in [0.4, 0.5) is 0 Å². The summed E-state index contributed by atoms with van der Waals surface area (Å²) in [5, 5.41) is 26.3. The van der Waals surface area contributed by atoms with Gasteiger partial charge in [-0.25, -0.2) is 0 Å². The summed E-state index contributed by atoms with van der Waals surface area (Å²) >= 11 is 18.5. The molecule has 21 heteroatoms. The monoisotopic (exact) mass is 1380 g/mol. The minimum absolute atomic E-state index is 0.184. The first-order valence-electron chi connectivity index (χ1n) is 25.6. The quantitative estimate of drug-likeness (QED) is 0.0178. The molecule has 0 aliphatic carbocycles. The van der Waals surface area contributed by atoms with Crippen LogP contribution >= 0.6 is 95.7 Å². The molecular formula is C61H71BBr3N3O10S4. The lowest BCUT2D eigenvalue weighted by Crippen LogP contribution is -2.30. The molecule has 438 valence electrons. The van der Waals surface area contributed by atoms with Gasteiger partial charge in [-0.05, 0) is 209 Å². The molecular weight excluding hydrogens is 1310 g/mol. The molecule has 7 rings (SSSR count). The van der Waals surface area contributed by atoms with E-state index in [0.717, 1.165) is 50.8 Å². The molecule has 0 atom stereocenters. The van der Waals surface area contributed by atoms with E-state index in [1.807, 2.05) is 157 Å². The highest BCUT2D eigenvalue weighted by Crippen LogP contribution is 2.41. The Hall–Kier alpha value is -4.97. The van der Waals surface area contributed by atoms with Crippen LogP contribution in [0.25, 0.3) is 22.3 Å². The number of carboxylic acid groups (broad SMARTS) is 1. The van der Waals surface area contributed by atoms with E-state index in [1.165, 1.54) is 47.7 Å². The first-order chi connectivity index (χ1) is 38.6. The highest BCUT2D eigenvalue weighted by Gasteiger charge is 2.33. The number of nitrogens with zero attached hydrogens (tertiary/aromatic N) is 3. The number of carboxylic acids is 1. The van der Waals surface area contributed by atoms with Gasteiger partial charge in [-0.2, -0.15) is 0 Å². The molecule has 0 amide bonds. The van der Waals surface area contributed by atoms with Crippen LogP contribution in [0.5, 0.6) is 0 Å². The van der Waals surface area contributed by atoms with Crippen LogP contribution in [0.15, 0.2) is 199 Å². The largest absolute Gasteiger partial charge is 0.488 e. The maximum absolute atomic E-state index is 12.1. The van der Waals surface area contributed by atoms with E-state index in [9.17, 15) is 24.3 Å². The zero-order valence-corrected chi connectivity index (χ0v) is 55.8. The third-order valence-electron chi connectivity index (χ3n) is 10.4. The number of ether oxygens (including phenoxy) is 3. The van der Waals surface area contributed by atoms with Gasteiger partial charge in [0.1, 0.15) is 18.6 Å². The Morgan fingerprint density at radius 2 is 0.817 bits per heavy atom. The number of halogens is 3. The normalized spacial score (nSPS) is 10.8. The van der Waals surface area contributed by atoms with Gasteiger partial charge in [-0.15, -0.1) is 47.9 Å². The molecule has 0 unspecified atom stereocenters. The van der Waals surface area contributed by atoms with Crippen LogP contribution in [-0.4, -0.2) is 99.5 Å². The summed E-state index contributed by atoms with van der Waals surface area (Å²) in [6.07, 6.45) is 10.0. The zero-order valence-electron chi connectivity index (χ0n) is 47.7. The molecule has 0 bridgehead atoms. The van der Waals surface area contributed by atoms with E-state index in [2.05, 4.69) is 81.4 Å². The molecule has 3 aromatic heterocycles. The highest BCUT2D eigenvalue weighted by molar-refractivity contribution is 9.11. The standard InChI is InChI=1S/C17H19NO2S.C15H15NO2S.C12H15BrO2S.C6H11BrO2.C6H5BrS.C5H6BNO2/c1-4-20-16(19)17(2,3)21-15-8-6-5-7-14(15)13-9-11-18-12-10-13;1-15(2,14(17)18)19-13-6-4-3-5-12(13)11-7-9-16-10-8-11;1-4-15-11(14)12(2,3)16-10-8-6-5-7-9(10)13;1-4-9-5(8)6(2,3)7;7-5-3-1-2-4-6(5)8;8-6(9)5-1-3-7-4-2-5/h5-12H,4H2,1-3H3;3-10H,1-2H3,(H,17,18);5-8H,4H2,1-3H3;4H2,1-3H3;1-4,8H;1-4,8-9H. The number of aliphatic carboxylic acids is 1. The molecule has 82 heavy (non-hydrogen) atoms. The molecule has 3 N–H and O–H groups in total. The average Bonchev–Trinajstić information content (AvgIpc) is 3.44. The molecule has 0 aliphatic heterocycles. The predicted octanol–water partition coefficient (Wildman–Crippen LogP) is 15.0. The van der Waals surface area contributed by atoms with E-state index >= 15 is 0 Å². The number of pyridine rings is 3. The Labute approximate surface area is 527 Å². The minimum atomic E-state index is -1.38. The van der Waals surface area contributed by atoms with Crippen LogP contribution in [0.3, 0.4) is 0 Å². The topological polar surface area (TPSA) is 195 Å². The first kappa shape index (κ1) is 73.1. The second-order valence-electron chi connectivity index (χ2n) is 18.8. The van der Waals surface area contributed by atoms with Crippen LogP contribution in [0.1, 0.15) is 76.2 Å². The molecule has 13 nitrogen and oxygen atoms in total. The maximum Gasteiger partial charge on any atom is 0.488 e. The maximum atomic E-state index is 12.1. The summed E-state index contributed by atoms with van der Waals surface area (Å²) in [6, 6.07) is 42.4. The molecule has 0 aliphatic rings. The van der Waals surface area contributed by atoms with Gasteiger partial charge in [-0.1, -0.05) is 76.6 Å². The fourth-order valence-electron chi connectivity index (χ4n) is 6.03. The summed E-state index contributed by atoms with van der Waals surface area (Å²) in [7, 11) is -1.38. The summed E-state index contributed by atoms with van der Waals surface area (Å²) in [5.41, 5.74) is 4.73. The van der Waals surface area contributed by atoms with Crippen LogP contribution in [0.2, 0.25) is 0 Å². The number of carbonyl (C=O) groups excluding carboxylic acids is 3. The number of aromatic nitrogens is 3. The Bertz CT molecular complexity index is 3010. The lowest BCUT2D eigenvalue weighted by atomic mass is 9.81. The van der Waals surface area contributed by atoms with Gasteiger partial charge in [-0.3, -0.25) is 34.1 Å². The number of thioether (sulfide) groups is 3. The minimum Gasteiger partial charge on any atom is -0.480 e. The fourth-order valence-corrected chi connectivity index (χ4v) is 10.3. The van der Waals surface area contributed by atoms with Gasteiger partial charge >= 0.3 is 31.0 Å². The Morgan fingerprint density at radius 1 is 0.488 bits per heavy atom. The lowest BCUT2D eigenvalue weighted by Gasteiger charge is -2.23. The number of rotatable bonds is 16. The smallest absolute Gasteiger partial charge is 0.480 e. The fraction of sp³-hybridized carbons (Fsp3) is 0.295. The third-order valence-corrected chi connectivity index (χ3v) is 16.8. The van der Waals surface area contributed by atoms with Crippen molar-refractivity contribution in [2.24, 2.45) is 0 Å². The van der Waals surface area contributed by atoms with Gasteiger partial charge in [0, 0.05) is 65.7 Å². The SMILES string of the molecule is CC(C)(Sc1ccccc1-c1ccncc1)C(=O)O.CCOC(=O)C(C)(C)Br.CCOC(=O)C(C)(C)Sc1ccccc1-c1ccncc1.CCOC(=O)C(C)(C)Sc1ccccc1Br.OB(O)c1ccncc1.Sc1ccccc1Br. The number of hydrogen-bond donors (Lipinski definition) is 4. The van der Waals surface area contributed by atoms with Crippen molar-refractivity contribution in [2.75, 3.05) is 19.8 Å². The van der Waals surface area contributed by atoms with Crippen LogP contribution in [0, 0.1) is 0 Å². The second kappa shape index (κ2) is 37.4. The summed E-state index contributed by atoms with van der Waals surface area (Å²) in [4.78, 5) is 61.6. The number of benzene rings is 4. The molecule has 0 radical (unpaired) electrons. The van der Waals surface area contributed by atoms with Crippen molar-refractivity contribution in [3.8, 4) is 22.3 Å². The van der Waals surface area contributed by atoms with Gasteiger partial charge in [0.05, 0.1) is 19.8 Å². The molecule has 7 aromatic rings. The zero-order chi connectivity index (χ0) is 61.5. The molecule has 3 heterocycles. The Morgan fingerprint density at radius 3 is 1.13 bits per heavy atom. The molecule has 0 saturated heterocycles. The van der Waals surface area contributed by atoms with Crippen LogP contribution < -0.4 is 5.46 Å². The van der Waals surface area contributed by atoms with Crippen molar-refractivity contribution in [1.82, 2.24) is 15.0 Å². The van der Waals surface area contributed by atoms with Gasteiger partial charge in [0.15, 0.2) is 0 Å². The van der Waals surface area contributed by atoms with Crippen molar-refractivity contribution in [3.05, 3.63) is 180 Å². The van der Waals surface area contributed by atoms with Gasteiger partial charge in [0.2, 0.25) is 0 Å². The van der Waals surface area contributed by atoms with Crippen LogP contribution in [-0.2, 0) is 33.4 Å². The lowest BCUT2D eigenvalue weighted by molar-refractivity contribution is -0.145. The Kier molecular flexibility index (Phi) is 33.3. The molecule has 4 aromatic carbocycles. The number of thiol groups is 1. The van der Waals surface area contributed by atoms with Gasteiger partial charge in [0.25, 0.3) is 0 Å². The van der Waals surface area contributed by atoms with E-state index in [4.69, 9.17) is 24.3 Å². The first-order valence-corrected chi connectivity index (χ1v) is 30.8. The third kappa shape index (κ3) is 27.2. The van der Waals surface area contributed by atoms with E-state index in [1.54, 1.807) is 71.5 Å². The summed E-state index contributed by atoms with van der Waals surface area (Å²) in [5.74, 6) is -1.41. The van der Waals surface area contributed by atoms with E-state index in [0.29, 0.717) is 25.3 Å². The molecule has 0 spiro atoms. The van der Waals surface area contributed by atoms with E-state index in [-0.39, 0.29) is 17.9 Å². The second-order valence-corrected chi connectivity index (χ2v) is 27.9. The summed E-state index contributed by atoms with van der Waals surface area (Å²) in [6.45, 7) is 21.1. The van der Waals surface area contributed by atoms with Crippen molar-refractivity contribution in [3.63, 3.8) is 0 Å². The number of carbonyl (C=O) groups is 4. The predicted molar refractivity (Wildman–Crippen MR) is 349 cm³/mol. The Balaban J connectivity index is 0.000000349. The number of esters is 3. The van der Waals surface area contributed by atoms with Crippen molar-refractivity contribution in [2.45, 2.75) is 114 Å². The van der Waals surface area contributed by atoms with Crippen molar-refractivity contribution >= 4 is 132 Å². The van der Waals surface area contributed by atoms with Crippen molar-refractivity contribution < 1.29 is 48.5 Å². The highest BCUT2D eigenvalue weighted by atomic mass is 79.9. The molecule has 0 saturated carbocycles. The van der Waals surface area contributed by atoms with E-state index < -0.39 is 31.7 Å². The van der Waals surface area contributed by atoms with Gasteiger partial charge < -0.3 is 29.4 Å². The summed E-state index contributed by atoms with van der Waals surface area (Å²) < 4.78 is 14.4. The molecule has 0 fully saturated rings. The number of hydrogen-bond acceptors (Lipinski definition) is 16. The average molecular weight is 1390 g/mol. The number of alkyl halides is 1.